The molecule has 0 aliphatic rings. The number of rotatable bonds is 7. The molecule has 0 radical (unpaired) electrons. The highest BCUT2D eigenvalue weighted by Gasteiger charge is 2.10. The van der Waals surface area contributed by atoms with Crippen LogP contribution in [-0.4, -0.2) is 28.1 Å². The zero-order valence-electron chi connectivity index (χ0n) is 15.2. The van der Waals surface area contributed by atoms with E-state index in [0.717, 1.165) is 16.8 Å². The van der Waals surface area contributed by atoms with Crippen molar-refractivity contribution in [3.05, 3.63) is 60.2 Å². The standard InChI is InChI=1S/C20H23N5O/c1-14(2)21-19-23-18(16-9-5-4-6-10-16)24-20(25-19)22-17-11-7-8-15(12-17)13-26-3/h4-12,14H,13H2,1-3H3,(H2,21,22,23,24,25). The molecule has 0 saturated heterocycles. The predicted molar refractivity (Wildman–Crippen MR) is 104 cm³/mol. The number of benzene rings is 2. The second-order valence-corrected chi connectivity index (χ2v) is 6.23. The van der Waals surface area contributed by atoms with Crippen molar-refractivity contribution in [3.8, 4) is 11.4 Å². The summed E-state index contributed by atoms with van der Waals surface area (Å²) in [5.74, 6) is 1.67. The Morgan fingerprint density at radius 2 is 1.69 bits per heavy atom. The zero-order chi connectivity index (χ0) is 18.4. The van der Waals surface area contributed by atoms with E-state index in [-0.39, 0.29) is 6.04 Å². The van der Waals surface area contributed by atoms with E-state index in [0.29, 0.717) is 24.3 Å². The van der Waals surface area contributed by atoms with Crippen LogP contribution in [0.1, 0.15) is 19.4 Å². The third-order valence-electron chi connectivity index (χ3n) is 3.58. The second kappa shape index (κ2) is 8.40. The topological polar surface area (TPSA) is 72.0 Å². The van der Waals surface area contributed by atoms with Crippen molar-refractivity contribution in [2.24, 2.45) is 0 Å². The van der Waals surface area contributed by atoms with Gasteiger partial charge in [-0.1, -0.05) is 42.5 Å². The van der Waals surface area contributed by atoms with Crippen LogP contribution in [0.2, 0.25) is 0 Å². The smallest absolute Gasteiger partial charge is 0.232 e. The van der Waals surface area contributed by atoms with Crippen LogP contribution >= 0.6 is 0 Å². The summed E-state index contributed by atoms with van der Waals surface area (Å²) in [5, 5.41) is 6.52. The monoisotopic (exact) mass is 349 g/mol. The van der Waals surface area contributed by atoms with Gasteiger partial charge in [0.2, 0.25) is 11.9 Å². The van der Waals surface area contributed by atoms with Gasteiger partial charge < -0.3 is 15.4 Å². The zero-order valence-corrected chi connectivity index (χ0v) is 15.2. The van der Waals surface area contributed by atoms with Crippen LogP contribution in [0.25, 0.3) is 11.4 Å². The molecule has 0 fully saturated rings. The third-order valence-corrected chi connectivity index (χ3v) is 3.58. The van der Waals surface area contributed by atoms with Crippen LogP contribution in [0.15, 0.2) is 54.6 Å². The maximum absolute atomic E-state index is 5.19. The maximum Gasteiger partial charge on any atom is 0.232 e. The molecule has 6 heteroatoms. The highest BCUT2D eigenvalue weighted by atomic mass is 16.5. The summed E-state index contributed by atoms with van der Waals surface area (Å²) in [7, 11) is 1.68. The van der Waals surface area contributed by atoms with Crippen molar-refractivity contribution >= 4 is 17.6 Å². The lowest BCUT2D eigenvalue weighted by molar-refractivity contribution is 0.185. The average Bonchev–Trinajstić information content (AvgIpc) is 2.62. The van der Waals surface area contributed by atoms with Gasteiger partial charge in [-0.3, -0.25) is 0 Å². The predicted octanol–water partition coefficient (Wildman–Crippen LogP) is 4.25. The molecule has 0 unspecified atom stereocenters. The Labute approximate surface area is 153 Å². The average molecular weight is 349 g/mol. The normalized spacial score (nSPS) is 10.8. The van der Waals surface area contributed by atoms with Gasteiger partial charge >= 0.3 is 0 Å². The van der Waals surface area contributed by atoms with E-state index in [9.17, 15) is 0 Å². The van der Waals surface area contributed by atoms with Crippen LogP contribution in [0.3, 0.4) is 0 Å². The quantitative estimate of drug-likeness (QED) is 0.664. The van der Waals surface area contributed by atoms with Crippen LogP contribution in [0.5, 0.6) is 0 Å². The van der Waals surface area contributed by atoms with Gasteiger partial charge in [-0.25, -0.2) is 0 Å². The first-order valence-corrected chi connectivity index (χ1v) is 8.57. The minimum absolute atomic E-state index is 0.221. The van der Waals surface area contributed by atoms with Crippen LogP contribution in [0.4, 0.5) is 17.6 Å². The van der Waals surface area contributed by atoms with Crippen molar-refractivity contribution in [1.29, 1.82) is 0 Å². The molecule has 0 bridgehead atoms. The summed E-state index contributed by atoms with van der Waals surface area (Å²) < 4.78 is 5.19. The van der Waals surface area contributed by atoms with Crippen molar-refractivity contribution < 1.29 is 4.74 Å². The van der Waals surface area contributed by atoms with Crippen molar-refractivity contribution in [2.75, 3.05) is 17.7 Å². The minimum atomic E-state index is 0.221. The molecule has 26 heavy (non-hydrogen) atoms. The van der Waals surface area contributed by atoms with Crippen molar-refractivity contribution in [3.63, 3.8) is 0 Å². The van der Waals surface area contributed by atoms with E-state index in [4.69, 9.17) is 4.74 Å². The number of ether oxygens (including phenoxy) is 1. The molecule has 134 valence electrons. The molecule has 0 amide bonds. The first-order chi connectivity index (χ1) is 12.6. The number of aromatic nitrogens is 3. The summed E-state index contributed by atoms with van der Waals surface area (Å²) in [4.78, 5) is 13.6. The molecular formula is C20H23N5O. The van der Waals surface area contributed by atoms with E-state index < -0.39 is 0 Å². The fourth-order valence-electron chi connectivity index (χ4n) is 2.51. The molecule has 2 N–H and O–H groups in total. The lowest BCUT2D eigenvalue weighted by Crippen LogP contribution is -2.14. The lowest BCUT2D eigenvalue weighted by atomic mass is 10.2. The van der Waals surface area contributed by atoms with E-state index in [1.807, 2.05) is 68.4 Å². The Morgan fingerprint density at radius 3 is 2.42 bits per heavy atom. The van der Waals surface area contributed by atoms with Gasteiger partial charge in [-0.05, 0) is 31.5 Å². The van der Waals surface area contributed by atoms with E-state index >= 15 is 0 Å². The van der Waals surface area contributed by atoms with Gasteiger partial charge in [0.15, 0.2) is 5.82 Å². The van der Waals surface area contributed by atoms with Gasteiger partial charge in [0.25, 0.3) is 0 Å². The molecule has 0 aliphatic heterocycles. The second-order valence-electron chi connectivity index (χ2n) is 6.23. The Balaban J connectivity index is 1.94. The SMILES string of the molecule is COCc1cccc(Nc2nc(NC(C)C)nc(-c3ccccc3)n2)c1. The van der Waals surface area contributed by atoms with Crippen LogP contribution < -0.4 is 10.6 Å². The molecule has 2 aromatic carbocycles. The van der Waals surface area contributed by atoms with E-state index in [1.54, 1.807) is 7.11 Å². The molecule has 1 heterocycles. The number of anilines is 3. The first kappa shape index (κ1) is 17.8. The maximum atomic E-state index is 5.19. The summed E-state index contributed by atoms with van der Waals surface area (Å²) in [6.45, 7) is 4.66. The van der Waals surface area contributed by atoms with Gasteiger partial charge in [0, 0.05) is 24.4 Å². The molecule has 0 aliphatic carbocycles. The van der Waals surface area contributed by atoms with Gasteiger partial charge in [-0.2, -0.15) is 15.0 Å². The number of hydrogen-bond donors (Lipinski definition) is 2. The Morgan fingerprint density at radius 1 is 0.923 bits per heavy atom. The Hall–Kier alpha value is -2.99. The lowest BCUT2D eigenvalue weighted by Gasteiger charge is -2.12. The highest BCUT2D eigenvalue weighted by molar-refractivity contribution is 5.61. The largest absolute Gasteiger partial charge is 0.380 e. The number of hydrogen-bond acceptors (Lipinski definition) is 6. The summed E-state index contributed by atoms with van der Waals surface area (Å²) in [6, 6.07) is 18.1. The van der Waals surface area contributed by atoms with Gasteiger partial charge in [0.1, 0.15) is 0 Å². The minimum Gasteiger partial charge on any atom is -0.380 e. The fourth-order valence-corrected chi connectivity index (χ4v) is 2.51. The van der Waals surface area contributed by atoms with Crippen LogP contribution in [-0.2, 0) is 11.3 Å². The third kappa shape index (κ3) is 4.77. The Kier molecular flexibility index (Phi) is 5.76. The summed E-state index contributed by atoms with van der Waals surface area (Å²) in [5.41, 5.74) is 2.92. The summed E-state index contributed by atoms with van der Waals surface area (Å²) >= 11 is 0. The molecule has 0 atom stereocenters. The molecule has 6 nitrogen and oxygen atoms in total. The molecule has 3 aromatic rings. The number of nitrogens with one attached hydrogen (secondary N) is 2. The molecule has 1 aromatic heterocycles. The van der Waals surface area contributed by atoms with Crippen molar-refractivity contribution in [2.45, 2.75) is 26.5 Å². The van der Waals surface area contributed by atoms with E-state index in [1.165, 1.54) is 0 Å². The van der Waals surface area contributed by atoms with Gasteiger partial charge in [0.05, 0.1) is 6.61 Å². The fraction of sp³-hybridized carbons (Fsp3) is 0.250. The van der Waals surface area contributed by atoms with Crippen LogP contribution in [0, 0.1) is 0 Å². The number of nitrogens with zero attached hydrogens (tertiary/aromatic N) is 3. The molecule has 0 saturated carbocycles. The van der Waals surface area contributed by atoms with Crippen molar-refractivity contribution in [1.82, 2.24) is 15.0 Å². The number of methoxy groups -OCH3 is 1. The Bertz CT molecular complexity index is 852. The molecular weight excluding hydrogens is 326 g/mol. The summed E-state index contributed by atoms with van der Waals surface area (Å²) in [6.07, 6.45) is 0. The van der Waals surface area contributed by atoms with E-state index in [2.05, 4.69) is 25.6 Å². The highest BCUT2D eigenvalue weighted by Crippen LogP contribution is 2.21. The first-order valence-electron chi connectivity index (χ1n) is 8.57. The molecule has 3 rings (SSSR count). The van der Waals surface area contributed by atoms with Gasteiger partial charge in [-0.15, -0.1) is 0 Å². The molecule has 0 spiro atoms.